The molecule has 0 aromatic heterocycles. The van der Waals surface area contributed by atoms with Gasteiger partial charge in [-0.1, -0.05) is 169 Å². The fourth-order valence-corrected chi connectivity index (χ4v) is 15.2. The van der Waals surface area contributed by atoms with Gasteiger partial charge in [0.25, 0.3) is 0 Å². The molecule has 0 radical (unpaired) electrons. The van der Waals surface area contributed by atoms with Gasteiger partial charge >= 0.3 is 6.09 Å². The Hall–Kier alpha value is -5.22. The molecule has 3 atom stereocenters. The predicted molar refractivity (Wildman–Crippen MR) is 244 cm³/mol. The first-order chi connectivity index (χ1) is 29.5. The lowest BCUT2D eigenvalue weighted by atomic mass is 9.79. The molecule has 0 saturated carbocycles. The second-order valence-corrected chi connectivity index (χ2v) is 22.5. The van der Waals surface area contributed by atoms with E-state index in [1.54, 1.807) is 14.2 Å². The van der Waals surface area contributed by atoms with Crippen molar-refractivity contribution in [3.05, 3.63) is 167 Å². The van der Waals surface area contributed by atoms with Crippen LogP contribution >= 0.6 is 0 Å². The topological polar surface area (TPSA) is 83.5 Å². The van der Waals surface area contributed by atoms with Crippen LogP contribution in [0.5, 0.6) is 11.5 Å². The number of hydrogen-bond acceptors (Lipinski definition) is 7. The van der Waals surface area contributed by atoms with Crippen molar-refractivity contribution in [3.63, 3.8) is 0 Å². The van der Waals surface area contributed by atoms with E-state index in [1.165, 1.54) is 4.90 Å². The first-order valence-corrected chi connectivity index (χ1v) is 23.8. The lowest BCUT2D eigenvalue weighted by molar-refractivity contribution is -0.130. The summed E-state index contributed by atoms with van der Waals surface area (Å²) in [6, 6.07) is 46.5. The van der Waals surface area contributed by atoms with Crippen LogP contribution in [-0.2, 0) is 30.7 Å². The molecule has 8 nitrogen and oxygen atoms in total. The van der Waals surface area contributed by atoms with Crippen LogP contribution in [0.3, 0.4) is 0 Å². The molecule has 5 aromatic carbocycles. The molecule has 322 valence electrons. The molecule has 0 bridgehead atoms. The Morgan fingerprint density at radius 2 is 1.20 bits per heavy atom. The second-order valence-electron chi connectivity index (χ2n) is 17.0. The van der Waals surface area contributed by atoms with Crippen molar-refractivity contribution >= 4 is 20.3 Å². The average Bonchev–Trinajstić information content (AvgIpc) is 3.65. The maximum atomic E-state index is 14.5. The summed E-state index contributed by atoms with van der Waals surface area (Å²) in [6.45, 7) is 14.1. The first-order valence-electron chi connectivity index (χ1n) is 21.7. The molecule has 6 rings (SSSR count). The average molecular weight is 842 g/mol. The van der Waals surface area contributed by atoms with E-state index in [-0.39, 0.29) is 48.1 Å². The van der Waals surface area contributed by atoms with Crippen LogP contribution in [0.2, 0.25) is 16.6 Å². The number of carbonyl (C=O) groups is 2. The number of cyclic esters (lactones) is 1. The number of nitrogens with zero attached hydrogens (tertiary/aromatic N) is 1. The zero-order valence-electron chi connectivity index (χ0n) is 37.1. The quantitative estimate of drug-likeness (QED) is 0.0570. The van der Waals surface area contributed by atoms with Gasteiger partial charge in [0.05, 0.1) is 33.0 Å². The monoisotopic (exact) mass is 841 g/mol. The van der Waals surface area contributed by atoms with Crippen molar-refractivity contribution in [2.24, 2.45) is 5.92 Å². The van der Waals surface area contributed by atoms with Gasteiger partial charge in [-0.3, -0.25) is 4.79 Å². The molecular formula is C52H63NO7Si. The Bertz CT molecular complexity index is 2030. The van der Waals surface area contributed by atoms with Gasteiger partial charge in [-0.2, -0.15) is 0 Å². The minimum Gasteiger partial charge on any atom is -0.493 e. The fraction of sp³-hybridized carbons (Fsp3) is 0.385. The molecule has 1 aliphatic rings. The molecule has 0 unspecified atom stereocenters. The smallest absolute Gasteiger partial charge is 0.416 e. The van der Waals surface area contributed by atoms with Crippen molar-refractivity contribution in [2.75, 3.05) is 27.4 Å². The number of rotatable bonds is 20. The van der Waals surface area contributed by atoms with E-state index in [4.69, 9.17) is 23.4 Å². The summed E-state index contributed by atoms with van der Waals surface area (Å²) in [4.78, 5) is 29.1. The largest absolute Gasteiger partial charge is 0.493 e. The van der Waals surface area contributed by atoms with E-state index >= 15 is 0 Å². The molecule has 61 heavy (non-hydrogen) atoms. The van der Waals surface area contributed by atoms with Gasteiger partial charge in [0.2, 0.25) is 14.2 Å². The number of imide groups is 1. The third-order valence-corrected chi connectivity index (χ3v) is 18.6. The standard InChI is InChI=1S/C52H63NO7Si/c1-37(2)61(38(3)4,39(5)6)60-50(41-29-31-47(56-7)48(34-41)57-8)42(30-32-49(54)53-46(36-58-51(53)55)33-40-21-13-9-14-22-40)35-59-52(43-23-15-10-16-24-43,44-25-17-11-18-26-44)45-27-19-12-20-28-45/h9-29,31,34,37-39,42,46,50H,30,32-33,35-36H2,1-8H3/t42-,46-,50+/m0/s1. The van der Waals surface area contributed by atoms with E-state index in [9.17, 15) is 9.59 Å². The molecule has 5 aromatic rings. The van der Waals surface area contributed by atoms with Crippen LogP contribution in [0.1, 0.15) is 88.3 Å². The predicted octanol–water partition coefficient (Wildman–Crippen LogP) is 11.9. The second kappa shape index (κ2) is 20.6. The van der Waals surface area contributed by atoms with Crippen molar-refractivity contribution in [3.8, 4) is 11.5 Å². The molecule has 1 fully saturated rings. The van der Waals surface area contributed by atoms with Crippen molar-refractivity contribution in [1.29, 1.82) is 0 Å². The molecule has 1 heterocycles. The van der Waals surface area contributed by atoms with E-state index in [1.807, 2.05) is 103 Å². The minimum absolute atomic E-state index is 0.0795. The summed E-state index contributed by atoms with van der Waals surface area (Å²) < 4.78 is 32.6. The van der Waals surface area contributed by atoms with Gasteiger partial charge < -0.3 is 23.4 Å². The van der Waals surface area contributed by atoms with Crippen LogP contribution in [0.4, 0.5) is 4.79 Å². The lowest BCUT2D eigenvalue weighted by Crippen LogP contribution is -2.50. The van der Waals surface area contributed by atoms with Crippen LogP contribution in [0.25, 0.3) is 0 Å². The van der Waals surface area contributed by atoms with Crippen molar-refractivity contribution in [2.45, 2.75) is 95.2 Å². The molecule has 2 amide bonds. The maximum Gasteiger partial charge on any atom is 0.416 e. The molecular weight excluding hydrogens is 779 g/mol. The van der Waals surface area contributed by atoms with Gasteiger partial charge in [0.1, 0.15) is 12.2 Å². The SMILES string of the molecule is COc1ccc([C@@H](O[Si](C(C)C)(C(C)C)C(C)C)[C@@H](CCC(=O)N2C(=O)OC[C@@H]2Cc2ccccc2)COC(c2ccccc2)(c2ccccc2)c2ccccc2)cc1OC. The maximum absolute atomic E-state index is 14.5. The number of amides is 2. The number of carbonyl (C=O) groups excluding carboxylic acids is 2. The Balaban J connectivity index is 1.49. The Kier molecular flexibility index (Phi) is 15.3. The summed E-state index contributed by atoms with van der Waals surface area (Å²) >= 11 is 0. The van der Waals surface area contributed by atoms with Crippen LogP contribution < -0.4 is 9.47 Å². The van der Waals surface area contributed by atoms with E-state index < -0.39 is 32.2 Å². The molecule has 1 saturated heterocycles. The molecule has 0 aliphatic carbocycles. The molecule has 0 N–H and O–H groups in total. The van der Waals surface area contributed by atoms with Gasteiger partial charge in [0, 0.05) is 12.3 Å². The number of benzene rings is 5. The van der Waals surface area contributed by atoms with Gasteiger partial charge in [-0.15, -0.1) is 0 Å². The van der Waals surface area contributed by atoms with E-state index in [2.05, 4.69) is 77.9 Å². The highest BCUT2D eigenvalue weighted by molar-refractivity contribution is 6.77. The summed E-state index contributed by atoms with van der Waals surface area (Å²) in [5.74, 6) is 0.555. The van der Waals surface area contributed by atoms with Crippen molar-refractivity contribution < 1.29 is 33.0 Å². The minimum atomic E-state index is -2.60. The number of ether oxygens (including phenoxy) is 4. The van der Waals surface area contributed by atoms with Crippen LogP contribution in [0, 0.1) is 5.92 Å². The first kappa shape index (κ1) is 45.3. The third-order valence-electron chi connectivity index (χ3n) is 12.5. The zero-order chi connectivity index (χ0) is 43.6. The van der Waals surface area contributed by atoms with Crippen molar-refractivity contribution in [1.82, 2.24) is 4.90 Å². The molecule has 9 heteroatoms. The van der Waals surface area contributed by atoms with Gasteiger partial charge in [-0.25, -0.2) is 9.69 Å². The highest BCUT2D eigenvalue weighted by Gasteiger charge is 2.49. The van der Waals surface area contributed by atoms with Gasteiger partial charge in [-0.05, 0) is 69.4 Å². The molecule has 1 aliphatic heterocycles. The number of hydrogen-bond donors (Lipinski definition) is 0. The highest BCUT2D eigenvalue weighted by atomic mass is 28.4. The molecule has 0 spiro atoms. The number of methoxy groups -OCH3 is 2. The van der Waals surface area contributed by atoms with E-state index in [0.717, 1.165) is 27.8 Å². The Morgan fingerprint density at radius 1 is 0.705 bits per heavy atom. The zero-order valence-corrected chi connectivity index (χ0v) is 38.1. The summed E-state index contributed by atoms with van der Waals surface area (Å²) in [5.41, 5.74) is 4.67. The summed E-state index contributed by atoms with van der Waals surface area (Å²) in [6.07, 6.45) is -0.157. The fourth-order valence-electron chi connectivity index (χ4n) is 9.65. The summed E-state index contributed by atoms with van der Waals surface area (Å²) in [7, 11) is 0.675. The normalized spacial score (nSPS) is 15.6. The van der Waals surface area contributed by atoms with E-state index in [0.29, 0.717) is 24.3 Å². The van der Waals surface area contributed by atoms with Gasteiger partial charge in [0.15, 0.2) is 11.5 Å². The van der Waals surface area contributed by atoms with Crippen LogP contribution in [-0.4, -0.2) is 58.7 Å². The third kappa shape index (κ3) is 9.80. The Labute approximate surface area is 364 Å². The summed E-state index contributed by atoms with van der Waals surface area (Å²) in [5, 5.41) is 0. The van der Waals surface area contributed by atoms with Crippen LogP contribution in [0.15, 0.2) is 140 Å². The Morgan fingerprint density at radius 3 is 1.67 bits per heavy atom. The highest BCUT2D eigenvalue weighted by Crippen LogP contribution is 2.49. The lowest BCUT2D eigenvalue weighted by Gasteiger charge is -2.47.